The maximum atomic E-state index is 5.53. The molecule has 0 spiro atoms. The molecular weight excluding hydrogens is 194 g/mol. The molecular formula is C10H19N3O2. The maximum Gasteiger partial charge on any atom is 0.230 e. The molecule has 2 N–H and O–H groups in total. The average molecular weight is 213 g/mol. The van der Waals surface area contributed by atoms with Crippen LogP contribution in [0.5, 0.6) is 0 Å². The van der Waals surface area contributed by atoms with Gasteiger partial charge in [0.2, 0.25) is 11.7 Å². The summed E-state index contributed by atoms with van der Waals surface area (Å²) < 4.78 is 10.7. The first-order chi connectivity index (χ1) is 7.01. The van der Waals surface area contributed by atoms with Crippen LogP contribution in [0, 0.1) is 0 Å². The van der Waals surface area contributed by atoms with Crippen molar-refractivity contribution in [3.05, 3.63) is 11.7 Å². The summed E-state index contributed by atoms with van der Waals surface area (Å²) in [5.41, 5.74) is 5.01. The molecule has 1 heterocycles. The summed E-state index contributed by atoms with van der Waals surface area (Å²) in [5.74, 6) is 1.23. The quantitative estimate of drug-likeness (QED) is 0.800. The van der Waals surface area contributed by atoms with Crippen LogP contribution in [0.15, 0.2) is 4.52 Å². The Balaban J connectivity index is 2.83. The lowest BCUT2D eigenvalue weighted by molar-refractivity contribution is -0.0221. The molecule has 0 fully saturated rings. The summed E-state index contributed by atoms with van der Waals surface area (Å²) in [7, 11) is 0. The van der Waals surface area contributed by atoms with Gasteiger partial charge < -0.3 is 15.0 Å². The van der Waals surface area contributed by atoms with Crippen molar-refractivity contribution in [1.29, 1.82) is 0 Å². The van der Waals surface area contributed by atoms with Gasteiger partial charge in [-0.3, -0.25) is 0 Å². The molecule has 1 unspecified atom stereocenters. The van der Waals surface area contributed by atoms with E-state index in [9.17, 15) is 0 Å². The van der Waals surface area contributed by atoms with E-state index in [1.807, 2.05) is 27.7 Å². The molecule has 0 radical (unpaired) electrons. The predicted molar refractivity (Wildman–Crippen MR) is 56.4 cm³/mol. The van der Waals surface area contributed by atoms with E-state index in [1.54, 1.807) is 0 Å². The molecule has 86 valence electrons. The number of nitrogens with two attached hydrogens (primary N) is 1. The van der Waals surface area contributed by atoms with Crippen molar-refractivity contribution < 1.29 is 9.26 Å². The highest BCUT2D eigenvalue weighted by Crippen LogP contribution is 2.23. The van der Waals surface area contributed by atoms with E-state index in [2.05, 4.69) is 10.1 Å². The van der Waals surface area contributed by atoms with Gasteiger partial charge in [0.1, 0.15) is 5.60 Å². The van der Waals surface area contributed by atoms with Crippen LogP contribution in [-0.4, -0.2) is 23.3 Å². The minimum atomic E-state index is -0.509. The minimum absolute atomic E-state index is 0.0867. The highest BCUT2D eigenvalue weighted by molar-refractivity contribution is 5.00. The van der Waals surface area contributed by atoms with Crippen LogP contribution in [0.2, 0.25) is 0 Å². The molecule has 1 aromatic rings. The molecule has 5 nitrogen and oxygen atoms in total. The third kappa shape index (κ3) is 2.76. The molecule has 0 aliphatic heterocycles. The fraction of sp³-hybridized carbons (Fsp3) is 0.800. The van der Waals surface area contributed by atoms with Gasteiger partial charge in [-0.15, -0.1) is 0 Å². The van der Waals surface area contributed by atoms with Crippen LogP contribution in [-0.2, 0) is 10.3 Å². The van der Waals surface area contributed by atoms with Crippen molar-refractivity contribution in [1.82, 2.24) is 10.1 Å². The van der Waals surface area contributed by atoms with Gasteiger partial charge in [0.25, 0.3) is 0 Å². The number of hydrogen-bond donors (Lipinski definition) is 1. The molecule has 0 bridgehead atoms. The lowest BCUT2D eigenvalue weighted by atomic mass is 10.1. The largest absolute Gasteiger partial charge is 0.368 e. The molecule has 0 aromatic carbocycles. The fourth-order valence-electron chi connectivity index (χ4n) is 1.21. The summed E-state index contributed by atoms with van der Waals surface area (Å²) in [6.07, 6.45) is 0. The van der Waals surface area contributed by atoms with Gasteiger partial charge in [0.05, 0.1) is 0 Å². The summed E-state index contributed by atoms with van der Waals surface area (Å²) in [6.45, 7) is 8.83. The highest BCUT2D eigenvalue weighted by Gasteiger charge is 2.27. The SMILES string of the molecule is CCOC(C)(C)c1noc(C(C)CN)n1. The molecule has 1 rings (SSSR count). The van der Waals surface area contributed by atoms with Gasteiger partial charge in [-0.05, 0) is 20.8 Å². The Bertz CT molecular complexity index is 309. The Labute approximate surface area is 90.0 Å². The predicted octanol–water partition coefficient (Wildman–Crippen LogP) is 1.40. The number of aromatic nitrogens is 2. The zero-order valence-electron chi connectivity index (χ0n) is 9.78. The zero-order valence-corrected chi connectivity index (χ0v) is 9.78. The average Bonchev–Trinajstić information content (AvgIpc) is 2.66. The lowest BCUT2D eigenvalue weighted by Gasteiger charge is -2.19. The van der Waals surface area contributed by atoms with Gasteiger partial charge in [0.15, 0.2) is 0 Å². The van der Waals surface area contributed by atoms with Gasteiger partial charge >= 0.3 is 0 Å². The van der Waals surface area contributed by atoms with Crippen LogP contribution in [0.4, 0.5) is 0 Å². The van der Waals surface area contributed by atoms with E-state index in [0.717, 1.165) is 0 Å². The smallest absolute Gasteiger partial charge is 0.230 e. The van der Waals surface area contributed by atoms with Gasteiger partial charge in [-0.25, -0.2) is 0 Å². The van der Waals surface area contributed by atoms with Crippen molar-refractivity contribution in [2.75, 3.05) is 13.2 Å². The summed E-state index contributed by atoms with van der Waals surface area (Å²) in [6, 6.07) is 0. The van der Waals surface area contributed by atoms with Crippen molar-refractivity contribution in [2.45, 2.75) is 39.2 Å². The fourth-order valence-corrected chi connectivity index (χ4v) is 1.21. The number of hydrogen-bond acceptors (Lipinski definition) is 5. The first kappa shape index (κ1) is 12.1. The Morgan fingerprint density at radius 3 is 2.73 bits per heavy atom. The summed E-state index contributed by atoms with van der Waals surface area (Å²) in [5, 5.41) is 3.91. The van der Waals surface area contributed by atoms with E-state index in [1.165, 1.54) is 0 Å². The number of rotatable bonds is 5. The zero-order chi connectivity index (χ0) is 11.5. The molecule has 0 saturated heterocycles. The Morgan fingerprint density at radius 1 is 1.53 bits per heavy atom. The third-order valence-electron chi connectivity index (χ3n) is 2.26. The van der Waals surface area contributed by atoms with E-state index in [-0.39, 0.29) is 5.92 Å². The van der Waals surface area contributed by atoms with Crippen LogP contribution < -0.4 is 5.73 Å². The Hall–Kier alpha value is -0.940. The molecule has 0 saturated carbocycles. The molecule has 0 amide bonds. The molecule has 0 aliphatic rings. The van der Waals surface area contributed by atoms with E-state index >= 15 is 0 Å². The first-order valence-electron chi connectivity index (χ1n) is 5.19. The van der Waals surface area contributed by atoms with Crippen molar-refractivity contribution in [3.8, 4) is 0 Å². The molecule has 15 heavy (non-hydrogen) atoms. The molecule has 5 heteroatoms. The van der Waals surface area contributed by atoms with Gasteiger partial charge in [-0.2, -0.15) is 4.98 Å². The van der Waals surface area contributed by atoms with Crippen molar-refractivity contribution in [3.63, 3.8) is 0 Å². The van der Waals surface area contributed by atoms with Crippen LogP contribution in [0.1, 0.15) is 45.3 Å². The van der Waals surface area contributed by atoms with E-state index in [0.29, 0.717) is 24.9 Å². The normalized spacial score (nSPS) is 14.2. The molecule has 1 aromatic heterocycles. The van der Waals surface area contributed by atoms with Gasteiger partial charge in [0, 0.05) is 19.1 Å². The van der Waals surface area contributed by atoms with Crippen LogP contribution in [0.25, 0.3) is 0 Å². The standard InChI is InChI=1S/C10H19N3O2/c1-5-14-10(3,4)9-12-8(15-13-9)7(2)6-11/h7H,5-6,11H2,1-4H3. The lowest BCUT2D eigenvalue weighted by Crippen LogP contribution is -2.23. The Morgan fingerprint density at radius 2 is 2.20 bits per heavy atom. The second-order valence-electron chi connectivity index (χ2n) is 4.04. The number of ether oxygens (including phenoxy) is 1. The first-order valence-corrected chi connectivity index (χ1v) is 5.19. The Kier molecular flexibility index (Phi) is 3.82. The summed E-state index contributed by atoms with van der Waals surface area (Å²) in [4.78, 5) is 4.29. The van der Waals surface area contributed by atoms with Crippen molar-refractivity contribution in [2.24, 2.45) is 5.73 Å². The van der Waals surface area contributed by atoms with E-state index in [4.69, 9.17) is 15.0 Å². The summed E-state index contributed by atoms with van der Waals surface area (Å²) >= 11 is 0. The second kappa shape index (κ2) is 4.72. The second-order valence-corrected chi connectivity index (χ2v) is 4.04. The number of nitrogens with zero attached hydrogens (tertiary/aromatic N) is 2. The van der Waals surface area contributed by atoms with Crippen LogP contribution in [0.3, 0.4) is 0 Å². The maximum absolute atomic E-state index is 5.53. The minimum Gasteiger partial charge on any atom is -0.368 e. The van der Waals surface area contributed by atoms with Crippen molar-refractivity contribution >= 4 is 0 Å². The van der Waals surface area contributed by atoms with Gasteiger partial charge in [-0.1, -0.05) is 12.1 Å². The van der Waals surface area contributed by atoms with Crippen LogP contribution >= 0.6 is 0 Å². The topological polar surface area (TPSA) is 74.2 Å². The molecule has 0 aliphatic carbocycles. The molecule has 1 atom stereocenters. The van der Waals surface area contributed by atoms with E-state index < -0.39 is 5.60 Å². The monoisotopic (exact) mass is 213 g/mol. The highest BCUT2D eigenvalue weighted by atomic mass is 16.5. The third-order valence-corrected chi connectivity index (χ3v) is 2.26.